The van der Waals surface area contributed by atoms with Gasteiger partial charge in [0.2, 0.25) is 0 Å². The van der Waals surface area contributed by atoms with Crippen LogP contribution in [0.1, 0.15) is 34.2 Å². The molecule has 2 heterocycles. The maximum absolute atomic E-state index is 11.0. The summed E-state index contributed by atoms with van der Waals surface area (Å²) in [5.41, 5.74) is 4.74. The lowest BCUT2D eigenvalue weighted by molar-refractivity contribution is -0.136. The fourth-order valence-corrected chi connectivity index (χ4v) is 4.56. The van der Waals surface area contributed by atoms with E-state index < -0.39 is 5.97 Å². The van der Waals surface area contributed by atoms with Crippen molar-refractivity contribution >= 4 is 41.0 Å². The van der Waals surface area contributed by atoms with E-state index in [2.05, 4.69) is 55.2 Å². The molecule has 0 unspecified atom stereocenters. The van der Waals surface area contributed by atoms with Crippen LogP contribution in [0.3, 0.4) is 0 Å². The first-order valence-electron chi connectivity index (χ1n) is 11.5. The summed E-state index contributed by atoms with van der Waals surface area (Å²) in [6.07, 6.45) is 7.49. The average Bonchev–Trinajstić information content (AvgIpc) is 3.34. The van der Waals surface area contributed by atoms with E-state index in [4.69, 9.17) is 15.1 Å². The predicted molar refractivity (Wildman–Crippen MR) is 145 cm³/mol. The fourth-order valence-electron chi connectivity index (χ4n) is 3.72. The van der Waals surface area contributed by atoms with E-state index in [0.717, 1.165) is 50.1 Å². The Kier molecular flexibility index (Phi) is 7.85. The molecule has 0 aliphatic heterocycles. The summed E-state index contributed by atoms with van der Waals surface area (Å²) < 4.78 is 0. The monoisotopic (exact) mass is 481 g/mol. The van der Waals surface area contributed by atoms with Gasteiger partial charge in [0, 0.05) is 21.8 Å². The molecule has 0 amide bonds. The van der Waals surface area contributed by atoms with Gasteiger partial charge in [-0.3, -0.25) is 4.79 Å². The normalized spacial score (nSPS) is 11.0. The highest BCUT2D eigenvalue weighted by atomic mass is 32.1. The van der Waals surface area contributed by atoms with Crippen LogP contribution in [0.5, 0.6) is 0 Å². The number of rotatable bonds is 10. The van der Waals surface area contributed by atoms with E-state index in [0.29, 0.717) is 12.2 Å². The lowest BCUT2D eigenvalue weighted by Crippen LogP contribution is -2.07. The van der Waals surface area contributed by atoms with Crippen molar-refractivity contribution in [2.75, 3.05) is 5.32 Å². The number of hydrogen-bond acceptors (Lipinski definition) is 5. The number of allylic oxidation sites excluding steroid dienone is 1. The molecular formula is C29H27N3O2S. The van der Waals surface area contributed by atoms with Crippen molar-refractivity contribution in [2.24, 2.45) is 0 Å². The number of carbonyl (C=O) groups is 1. The third kappa shape index (κ3) is 6.31. The predicted octanol–water partition coefficient (Wildman–Crippen LogP) is 7.04. The summed E-state index contributed by atoms with van der Waals surface area (Å²) >= 11 is 1.65. The van der Waals surface area contributed by atoms with Crippen LogP contribution in [-0.4, -0.2) is 21.0 Å². The first-order chi connectivity index (χ1) is 17.1. The summed E-state index contributed by atoms with van der Waals surface area (Å²) in [4.78, 5) is 22.9. The Morgan fingerprint density at radius 2 is 1.80 bits per heavy atom. The van der Waals surface area contributed by atoms with Gasteiger partial charge in [-0.2, -0.15) is 0 Å². The van der Waals surface area contributed by atoms with Gasteiger partial charge < -0.3 is 10.4 Å². The number of benzene rings is 2. The van der Waals surface area contributed by atoms with E-state index in [1.165, 1.54) is 0 Å². The van der Waals surface area contributed by atoms with Crippen LogP contribution in [0.15, 0.2) is 79.4 Å². The maximum Gasteiger partial charge on any atom is 0.307 e. The number of anilines is 2. The Balaban J connectivity index is 1.64. The molecule has 0 atom stereocenters. The Morgan fingerprint density at radius 1 is 1.03 bits per heavy atom. The minimum atomic E-state index is -0.846. The molecule has 0 bridgehead atoms. The van der Waals surface area contributed by atoms with E-state index in [-0.39, 0.29) is 6.42 Å². The number of nitrogens with one attached hydrogen (secondary N) is 1. The lowest BCUT2D eigenvalue weighted by atomic mass is 10.1. The minimum absolute atomic E-state index is 0.000931. The van der Waals surface area contributed by atoms with Gasteiger partial charge in [0.25, 0.3) is 0 Å². The van der Waals surface area contributed by atoms with Crippen LogP contribution in [0.2, 0.25) is 0 Å². The molecule has 4 aromatic rings. The number of aryl methyl sites for hydroxylation is 1. The number of thiophene rings is 1. The molecule has 4 rings (SSSR count). The molecular weight excluding hydrogens is 454 g/mol. The molecule has 0 fully saturated rings. The lowest BCUT2D eigenvalue weighted by Gasteiger charge is -2.15. The first-order valence-corrected chi connectivity index (χ1v) is 12.3. The first kappa shape index (κ1) is 24.1. The molecule has 2 N–H and O–H groups in total. The minimum Gasteiger partial charge on any atom is -0.481 e. The van der Waals surface area contributed by atoms with Crippen molar-refractivity contribution in [2.45, 2.75) is 26.2 Å². The maximum atomic E-state index is 11.0. The summed E-state index contributed by atoms with van der Waals surface area (Å²) in [6.45, 7) is 5.99. The van der Waals surface area contributed by atoms with Gasteiger partial charge in [-0.15, -0.1) is 17.9 Å². The summed E-state index contributed by atoms with van der Waals surface area (Å²) in [7, 11) is 0. The van der Waals surface area contributed by atoms with Gasteiger partial charge in [-0.25, -0.2) is 9.97 Å². The molecule has 176 valence electrons. The highest BCUT2D eigenvalue weighted by Gasteiger charge is 2.15. The quantitative estimate of drug-likeness (QED) is 0.238. The fraction of sp³-hybridized carbons (Fsp3) is 0.138. The second kappa shape index (κ2) is 11.4. The molecule has 5 nitrogen and oxygen atoms in total. The molecule has 0 saturated carbocycles. The van der Waals surface area contributed by atoms with Crippen molar-refractivity contribution in [3.63, 3.8) is 0 Å². The summed E-state index contributed by atoms with van der Waals surface area (Å²) in [6, 6.07) is 21.7. The summed E-state index contributed by atoms with van der Waals surface area (Å²) in [5, 5.41) is 12.4. The Labute approximate surface area is 209 Å². The number of aromatic nitrogens is 2. The molecule has 0 radical (unpaired) electrons. The number of carboxylic acid groups (broad SMARTS) is 1. The average molecular weight is 482 g/mol. The highest BCUT2D eigenvalue weighted by molar-refractivity contribution is 7.16. The summed E-state index contributed by atoms with van der Waals surface area (Å²) in [5.74, 6) is 0.581. The second-order valence-electron chi connectivity index (χ2n) is 8.01. The number of aliphatic carboxylic acids is 1. The Hall–Kier alpha value is -4.03. The van der Waals surface area contributed by atoms with Gasteiger partial charge in [-0.1, -0.05) is 61.5 Å². The third-order valence-corrected chi connectivity index (χ3v) is 6.48. The van der Waals surface area contributed by atoms with Gasteiger partial charge in [0.05, 0.1) is 11.3 Å². The van der Waals surface area contributed by atoms with Crippen molar-refractivity contribution in [1.29, 1.82) is 0 Å². The van der Waals surface area contributed by atoms with Crippen LogP contribution in [0.25, 0.3) is 22.9 Å². The van der Waals surface area contributed by atoms with Gasteiger partial charge in [0.15, 0.2) is 5.82 Å². The van der Waals surface area contributed by atoms with Gasteiger partial charge >= 0.3 is 5.97 Å². The largest absolute Gasteiger partial charge is 0.481 e. The van der Waals surface area contributed by atoms with Crippen LogP contribution < -0.4 is 5.32 Å². The smallest absolute Gasteiger partial charge is 0.307 e. The molecule has 6 heteroatoms. The Morgan fingerprint density at radius 3 is 2.49 bits per heavy atom. The number of carboxylic acids is 1. The van der Waals surface area contributed by atoms with E-state index in [1.54, 1.807) is 11.3 Å². The van der Waals surface area contributed by atoms with Crippen LogP contribution >= 0.6 is 11.3 Å². The van der Waals surface area contributed by atoms with Crippen molar-refractivity contribution < 1.29 is 9.90 Å². The molecule has 0 aliphatic rings. The molecule has 0 spiro atoms. The van der Waals surface area contributed by atoms with Crippen LogP contribution in [-0.2, 0) is 24.1 Å². The molecule has 2 aromatic carbocycles. The van der Waals surface area contributed by atoms with E-state index >= 15 is 0 Å². The highest BCUT2D eigenvalue weighted by Crippen LogP contribution is 2.31. The van der Waals surface area contributed by atoms with E-state index in [1.807, 2.05) is 48.5 Å². The standard InChI is InChI=1S/C29H27N3O2S/c1-3-8-24-25(4-2)31-29(26-18-17-23(35-26)16-13-20-9-6-5-7-10-20)32-28(24)30-22-14-11-21(12-15-22)19-27(33)34/h3,5-7,9-18H,1,4,8,19H2,2H3,(H,33,34)(H,30,31,32)/b16-13+. The number of hydrogen-bond donors (Lipinski definition) is 2. The van der Waals surface area contributed by atoms with Crippen LogP contribution in [0.4, 0.5) is 11.5 Å². The molecule has 35 heavy (non-hydrogen) atoms. The van der Waals surface area contributed by atoms with Crippen LogP contribution in [0, 0.1) is 0 Å². The zero-order chi connectivity index (χ0) is 24.6. The molecule has 0 aliphatic carbocycles. The molecule has 0 saturated heterocycles. The zero-order valence-corrected chi connectivity index (χ0v) is 20.4. The number of nitrogens with zero attached hydrogens (tertiary/aromatic N) is 2. The van der Waals surface area contributed by atoms with Gasteiger partial charge in [-0.05, 0) is 54.3 Å². The van der Waals surface area contributed by atoms with Gasteiger partial charge in [0.1, 0.15) is 5.82 Å². The zero-order valence-electron chi connectivity index (χ0n) is 19.6. The van der Waals surface area contributed by atoms with E-state index in [9.17, 15) is 4.79 Å². The SMILES string of the molecule is C=CCc1c(CC)nc(-c2ccc(/C=C/c3ccccc3)s2)nc1Nc1ccc(CC(=O)O)cc1. The molecule has 2 aromatic heterocycles. The van der Waals surface area contributed by atoms with Crippen molar-refractivity contribution in [3.05, 3.63) is 107 Å². The Bertz CT molecular complexity index is 1340. The van der Waals surface area contributed by atoms with Crippen molar-refractivity contribution in [3.8, 4) is 10.7 Å². The van der Waals surface area contributed by atoms with Crippen molar-refractivity contribution in [1.82, 2.24) is 9.97 Å². The third-order valence-electron chi connectivity index (χ3n) is 5.43. The second-order valence-corrected chi connectivity index (χ2v) is 9.12. The topological polar surface area (TPSA) is 75.1 Å².